The fraction of sp³-hybridized carbons (Fsp3) is 0.278. The van der Waals surface area contributed by atoms with Crippen molar-refractivity contribution in [2.45, 2.75) is 26.6 Å². The number of aromatic nitrogens is 1. The Morgan fingerprint density at radius 2 is 1.75 bits per heavy atom. The number of aryl methyl sites for hydroxylation is 2. The average molecular weight is 397 g/mol. The highest BCUT2D eigenvalue weighted by Crippen LogP contribution is 2.25. The first kappa shape index (κ1) is 21.0. The first-order chi connectivity index (χ1) is 13.1. The van der Waals surface area contributed by atoms with Crippen LogP contribution in [0.25, 0.3) is 0 Å². The van der Waals surface area contributed by atoms with E-state index in [0.717, 1.165) is 23.4 Å². The van der Waals surface area contributed by atoms with Crippen molar-refractivity contribution >= 4 is 11.8 Å². The van der Waals surface area contributed by atoms with E-state index in [1.54, 1.807) is 12.1 Å². The van der Waals surface area contributed by atoms with Gasteiger partial charge in [-0.15, -0.1) is 0 Å². The Bertz CT molecular complexity index is 938. The summed E-state index contributed by atoms with van der Waals surface area (Å²) in [5.74, 6) is -1.08. The Kier molecular flexibility index (Phi) is 6.45. The van der Waals surface area contributed by atoms with Crippen molar-refractivity contribution < 1.29 is 27.5 Å². The summed E-state index contributed by atoms with van der Waals surface area (Å²) in [4.78, 5) is 35.2. The van der Waals surface area contributed by atoms with Gasteiger partial charge in [0.05, 0.1) is 0 Å². The Balaban J connectivity index is 1.86. The number of ether oxygens (including phenoxy) is 1. The fourth-order valence-electron chi connectivity index (χ4n) is 2.20. The SMILES string of the molecule is Cc1ccc(OCC(=O)NNC(=O)Cn2cccc(C(F)(F)F)c2=O)cc1C. The molecule has 7 nitrogen and oxygen atoms in total. The van der Waals surface area contributed by atoms with Crippen LogP contribution in [0.4, 0.5) is 13.2 Å². The van der Waals surface area contributed by atoms with Gasteiger partial charge in [0.1, 0.15) is 17.9 Å². The zero-order valence-corrected chi connectivity index (χ0v) is 15.1. The number of hydrazine groups is 1. The number of nitrogens with one attached hydrogen (secondary N) is 2. The molecule has 0 aliphatic rings. The number of pyridine rings is 1. The number of alkyl halides is 3. The monoisotopic (exact) mass is 397 g/mol. The van der Waals surface area contributed by atoms with E-state index in [2.05, 4.69) is 5.43 Å². The molecule has 1 heterocycles. The molecular formula is C18H18F3N3O4. The highest BCUT2D eigenvalue weighted by atomic mass is 19.4. The van der Waals surface area contributed by atoms with Gasteiger partial charge >= 0.3 is 6.18 Å². The number of rotatable bonds is 5. The molecule has 2 rings (SSSR count). The lowest BCUT2D eigenvalue weighted by Crippen LogP contribution is -2.46. The smallest absolute Gasteiger partial charge is 0.421 e. The first-order valence-corrected chi connectivity index (χ1v) is 8.12. The molecule has 0 unspecified atom stereocenters. The highest BCUT2D eigenvalue weighted by molar-refractivity contribution is 5.82. The van der Waals surface area contributed by atoms with Gasteiger partial charge in [-0.2, -0.15) is 13.2 Å². The summed E-state index contributed by atoms with van der Waals surface area (Å²) in [5, 5.41) is 0. The summed E-state index contributed by atoms with van der Waals surface area (Å²) in [6.07, 6.45) is -3.78. The maximum absolute atomic E-state index is 12.7. The van der Waals surface area contributed by atoms with Gasteiger partial charge in [0.2, 0.25) is 0 Å². The van der Waals surface area contributed by atoms with Crippen LogP contribution in [0.5, 0.6) is 5.75 Å². The molecule has 0 spiro atoms. The van der Waals surface area contributed by atoms with Crippen molar-refractivity contribution in [2.24, 2.45) is 0 Å². The van der Waals surface area contributed by atoms with Crippen molar-refractivity contribution in [3.63, 3.8) is 0 Å². The third kappa shape index (κ3) is 5.60. The van der Waals surface area contributed by atoms with Crippen LogP contribution in [0, 0.1) is 13.8 Å². The van der Waals surface area contributed by atoms with Gasteiger partial charge in [0.15, 0.2) is 6.61 Å². The number of hydrogen-bond donors (Lipinski definition) is 2. The van der Waals surface area contributed by atoms with Crippen LogP contribution >= 0.6 is 0 Å². The maximum atomic E-state index is 12.7. The molecule has 0 bridgehead atoms. The Morgan fingerprint density at radius 3 is 2.39 bits per heavy atom. The lowest BCUT2D eigenvalue weighted by atomic mass is 10.1. The van der Waals surface area contributed by atoms with Crippen LogP contribution in [-0.4, -0.2) is 23.0 Å². The van der Waals surface area contributed by atoms with Crippen molar-refractivity contribution in [1.29, 1.82) is 0 Å². The van der Waals surface area contributed by atoms with Crippen molar-refractivity contribution in [3.8, 4) is 5.75 Å². The van der Waals surface area contributed by atoms with E-state index in [0.29, 0.717) is 16.4 Å². The lowest BCUT2D eigenvalue weighted by Gasteiger charge is -2.12. The van der Waals surface area contributed by atoms with Crippen LogP contribution in [0.3, 0.4) is 0 Å². The fourth-order valence-corrected chi connectivity index (χ4v) is 2.20. The molecule has 1 aromatic heterocycles. The van der Waals surface area contributed by atoms with Crippen LogP contribution < -0.4 is 21.1 Å². The predicted octanol–water partition coefficient (Wildman–Crippen LogP) is 1.71. The van der Waals surface area contributed by atoms with Gasteiger partial charge in [-0.1, -0.05) is 6.07 Å². The van der Waals surface area contributed by atoms with E-state index in [1.165, 1.54) is 0 Å². The molecule has 10 heteroatoms. The van der Waals surface area contributed by atoms with Crippen LogP contribution in [-0.2, 0) is 22.3 Å². The van der Waals surface area contributed by atoms with Crippen molar-refractivity contribution in [3.05, 3.63) is 63.6 Å². The van der Waals surface area contributed by atoms with E-state index in [-0.39, 0.29) is 6.61 Å². The average Bonchev–Trinajstić information content (AvgIpc) is 2.61. The molecule has 0 aliphatic carbocycles. The molecule has 0 saturated heterocycles. The predicted molar refractivity (Wildman–Crippen MR) is 93.4 cm³/mol. The maximum Gasteiger partial charge on any atom is 0.421 e. The third-order valence-corrected chi connectivity index (χ3v) is 3.83. The second kappa shape index (κ2) is 8.59. The normalized spacial score (nSPS) is 11.0. The first-order valence-electron chi connectivity index (χ1n) is 8.12. The second-order valence-corrected chi connectivity index (χ2v) is 5.98. The topological polar surface area (TPSA) is 89.4 Å². The molecule has 2 amide bonds. The van der Waals surface area contributed by atoms with Gasteiger partial charge in [0.25, 0.3) is 17.4 Å². The van der Waals surface area contributed by atoms with Gasteiger partial charge in [0, 0.05) is 6.20 Å². The molecule has 0 aliphatic heterocycles. The molecule has 150 valence electrons. The van der Waals surface area contributed by atoms with Crippen LogP contribution in [0.1, 0.15) is 16.7 Å². The largest absolute Gasteiger partial charge is 0.484 e. The Morgan fingerprint density at radius 1 is 1.07 bits per heavy atom. The second-order valence-electron chi connectivity index (χ2n) is 5.98. The quantitative estimate of drug-likeness (QED) is 0.752. The molecule has 0 atom stereocenters. The standard InChI is InChI=1S/C18H18F3N3O4/c1-11-5-6-13(8-12(11)2)28-10-16(26)23-22-15(25)9-24-7-3-4-14(17(24)27)18(19,20)21/h3-8H,9-10H2,1-2H3,(H,22,25)(H,23,26). The van der Waals surface area contributed by atoms with Crippen LogP contribution in [0.15, 0.2) is 41.3 Å². The number of nitrogens with zero attached hydrogens (tertiary/aromatic N) is 1. The van der Waals surface area contributed by atoms with Crippen molar-refractivity contribution in [2.75, 3.05) is 6.61 Å². The number of halogens is 3. The van der Waals surface area contributed by atoms with E-state index in [1.807, 2.05) is 25.3 Å². The molecule has 2 aromatic rings. The van der Waals surface area contributed by atoms with E-state index in [9.17, 15) is 27.6 Å². The number of carbonyl (C=O) groups excluding carboxylic acids is 2. The molecule has 0 saturated carbocycles. The Labute approximate surface area is 158 Å². The molecule has 2 N–H and O–H groups in total. The van der Waals surface area contributed by atoms with Gasteiger partial charge in [-0.25, -0.2) is 0 Å². The summed E-state index contributed by atoms with van der Waals surface area (Å²) in [7, 11) is 0. The number of benzene rings is 1. The number of carbonyl (C=O) groups is 2. The van der Waals surface area contributed by atoms with Gasteiger partial charge in [-0.05, 0) is 49.2 Å². The summed E-state index contributed by atoms with van der Waals surface area (Å²) in [6.45, 7) is 2.74. The zero-order chi connectivity index (χ0) is 20.9. The van der Waals surface area contributed by atoms with E-state index < -0.39 is 35.7 Å². The molecule has 0 radical (unpaired) electrons. The minimum absolute atomic E-state index is 0.383. The Hall–Kier alpha value is -3.30. The minimum Gasteiger partial charge on any atom is -0.484 e. The van der Waals surface area contributed by atoms with Crippen molar-refractivity contribution in [1.82, 2.24) is 15.4 Å². The molecule has 0 fully saturated rings. The lowest BCUT2D eigenvalue weighted by molar-refractivity contribution is -0.139. The minimum atomic E-state index is -4.82. The van der Waals surface area contributed by atoms with Gasteiger partial charge < -0.3 is 9.30 Å². The number of amides is 2. The molecule has 28 heavy (non-hydrogen) atoms. The van der Waals surface area contributed by atoms with Gasteiger partial charge in [-0.3, -0.25) is 25.2 Å². The summed E-state index contributed by atoms with van der Waals surface area (Å²) < 4.78 is 44.0. The summed E-state index contributed by atoms with van der Waals surface area (Å²) in [5.41, 5.74) is 3.39. The van der Waals surface area contributed by atoms with Crippen LogP contribution in [0.2, 0.25) is 0 Å². The highest BCUT2D eigenvalue weighted by Gasteiger charge is 2.34. The third-order valence-electron chi connectivity index (χ3n) is 3.83. The van der Waals surface area contributed by atoms with E-state index in [4.69, 9.17) is 4.74 Å². The summed E-state index contributed by atoms with van der Waals surface area (Å²) in [6, 6.07) is 6.91. The van der Waals surface area contributed by atoms with E-state index >= 15 is 0 Å². The number of hydrogen-bond acceptors (Lipinski definition) is 4. The molecular weight excluding hydrogens is 379 g/mol. The molecule has 1 aromatic carbocycles. The zero-order valence-electron chi connectivity index (χ0n) is 15.1. The summed E-state index contributed by atoms with van der Waals surface area (Å²) >= 11 is 0.